The van der Waals surface area contributed by atoms with Gasteiger partial charge in [-0.15, -0.1) is 0 Å². The monoisotopic (exact) mass is 264 g/mol. The Hall–Kier alpha value is 0.130. The average Bonchev–Trinajstić information content (AvgIpc) is 2.24. The van der Waals surface area contributed by atoms with Gasteiger partial charge in [-0.1, -0.05) is 44.4 Å². The van der Waals surface area contributed by atoms with Crippen LogP contribution in [0, 0.1) is 0 Å². The maximum atomic E-state index is 11.0. The van der Waals surface area contributed by atoms with Gasteiger partial charge in [-0.2, -0.15) is 0 Å². The van der Waals surface area contributed by atoms with E-state index in [1.807, 2.05) is 0 Å². The molecule has 0 N–H and O–H groups in total. The Bertz CT molecular complexity index is 429. The number of unbranched alkanes of at least 4 members (excludes halogenated alkanes) is 3. The van der Waals surface area contributed by atoms with Gasteiger partial charge < -0.3 is 4.55 Å². The summed E-state index contributed by atoms with van der Waals surface area (Å²) in [7, 11) is -4.33. The molecular formula is C12H17NaO3S. The first-order valence-corrected chi connectivity index (χ1v) is 7.00. The van der Waals surface area contributed by atoms with Crippen molar-refractivity contribution in [2.75, 3.05) is 0 Å². The third-order valence-corrected chi connectivity index (χ3v) is 3.48. The van der Waals surface area contributed by atoms with Gasteiger partial charge in [0.05, 0.1) is 4.90 Å². The second-order valence-corrected chi connectivity index (χ2v) is 5.22. The fourth-order valence-electron chi connectivity index (χ4n) is 1.70. The zero-order valence-electron chi connectivity index (χ0n) is 10.5. The summed E-state index contributed by atoms with van der Waals surface area (Å²) in [6.45, 7) is 2.12. The molecule has 0 unspecified atom stereocenters. The van der Waals surface area contributed by atoms with E-state index in [1.165, 1.54) is 6.07 Å². The molecule has 3 nitrogen and oxygen atoms in total. The van der Waals surface area contributed by atoms with Crippen molar-refractivity contribution < 1.29 is 42.5 Å². The van der Waals surface area contributed by atoms with Crippen LogP contribution in [-0.2, 0) is 16.5 Å². The molecule has 0 atom stereocenters. The van der Waals surface area contributed by atoms with Gasteiger partial charge >= 0.3 is 29.6 Å². The second kappa shape index (κ2) is 8.27. The Kier molecular flexibility index (Phi) is 8.33. The maximum absolute atomic E-state index is 11.0. The van der Waals surface area contributed by atoms with Crippen molar-refractivity contribution in [2.45, 2.75) is 43.9 Å². The first kappa shape index (κ1) is 17.1. The standard InChI is InChI=1S/C12H18O3S.Na/c1-2-3-4-5-8-11-9-6-7-10-12(11)16(13,14)15;/h6-7,9-10H,2-5,8H2,1H3,(H,13,14,15);/q;+1/p-1. The SMILES string of the molecule is CCCCCCc1ccccc1S(=O)(=O)[O-].[Na+]. The summed E-state index contributed by atoms with van der Waals surface area (Å²) in [4.78, 5) is -0.0634. The number of benzene rings is 1. The quantitative estimate of drug-likeness (QED) is 0.403. The largest absolute Gasteiger partial charge is 1.00 e. The molecule has 0 aliphatic rings. The smallest absolute Gasteiger partial charge is 0.744 e. The molecule has 90 valence electrons. The van der Waals surface area contributed by atoms with Crippen molar-refractivity contribution in [3.8, 4) is 0 Å². The maximum Gasteiger partial charge on any atom is 1.00 e. The van der Waals surface area contributed by atoms with Gasteiger partial charge in [0.15, 0.2) is 0 Å². The molecule has 0 saturated carbocycles. The Morgan fingerprint density at radius 2 is 1.76 bits per heavy atom. The summed E-state index contributed by atoms with van der Waals surface area (Å²) < 4.78 is 33.0. The van der Waals surface area contributed by atoms with Crippen LogP contribution in [0.3, 0.4) is 0 Å². The molecule has 0 spiro atoms. The fourth-order valence-corrected chi connectivity index (χ4v) is 2.43. The summed E-state index contributed by atoms with van der Waals surface area (Å²) in [6.07, 6.45) is 4.95. The van der Waals surface area contributed by atoms with Crippen LogP contribution < -0.4 is 29.6 Å². The van der Waals surface area contributed by atoms with Crippen LogP contribution in [-0.4, -0.2) is 13.0 Å². The molecule has 0 saturated heterocycles. The number of hydrogen-bond acceptors (Lipinski definition) is 3. The van der Waals surface area contributed by atoms with Crippen LogP contribution in [0.25, 0.3) is 0 Å². The van der Waals surface area contributed by atoms with Crippen molar-refractivity contribution in [3.05, 3.63) is 29.8 Å². The number of hydrogen-bond donors (Lipinski definition) is 0. The molecule has 0 bridgehead atoms. The van der Waals surface area contributed by atoms with Gasteiger partial charge in [-0.05, 0) is 24.5 Å². The average molecular weight is 264 g/mol. The predicted molar refractivity (Wildman–Crippen MR) is 62.3 cm³/mol. The molecule has 5 heteroatoms. The Balaban J connectivity index is 0.00000256. The van der Waals surface area contributed by atoms with E-state index in [-0.39, 0.29) is 34.5 Å². The number of aryl methyl sites for hydroxylation is 1. The minimum absolute atomic E-state index is 0. The summed E-state index contributed by atoms with van der Waals surface area (Å²) in [5.41, 5.74) is 0.647. The molecule has 0 radical (unpaired) electrons. The van der Waals surface area contributed by atoms with E-state index in [2.05, 4.69) is 6.92 Å². The molecule has 0 heterocycles. The molecule has 0 fully saturated rings. The zero-order valence-corrected chi connectivity index (χ0v) is 13.3. The van der Waals surface area contributed by atoms with E-state index in [1.54, 1.807) is 18.2 Å². The first-order chi connectivity index (χ1) is 7.55. The van der Waals surface area contributed by atoms with Crippen LogP contribution >= 0.6 is 0 Å². The van der Waals surface area contributed by atoms with Crippen LogP contribution in [0.2, 0.25) is 0 Å². The summed E-state index contributed by atoms with van der Waals surface area (Å²) in [5.74, 6) is 0. The van der Waals surface area contributed by atoms with Crippen molar-refractivity contribution in [1.29, 1.82) is 0 Å². The zero-order chi connectivity index (χ0) is 12.0. The molecular weight excluding hydrogens is 247 g/mol. The third kappa shape index (κ3) is 6.02. The van der Waals surface area contributed by atoms with E-state index >= 15 is 0 Å². The third-order valence-electron chi connectivity index (χ3n) is 2.54. The van der Waals surface area contributed by atoms with Gasteiger partial charge in [-0.25, -0.2) is 8.42 Å². The summed E-state index contributed by atoms with van der Waals surface area (Å²) in [5, 5.41) is 0. The minimum atomic E-state index is -4.33. The minimum Gasteiger partial charge on any atom is -0.744 e. The first-order valence-electron chi connectivity index (χ1n) is 5.59. The van der Waals surface area contributed by atoms with E-state index < -0.39 is 10.1 Å². The van der Waals surface area contributed by atoms with Crippen molar-refractivity contribution >= 4 is 10.1 Å². The topological polar surface area (TPSA) is 57.2 Å². The van der Waals surface area contributed by atoms with Gasteiger partial charge in [0.1, 0.15) is 10.1 Å². The van der Waals surface area contributed by atoms with Crippen LogP contribution in [0.5, 0.6) is 0 Å². The molecule has 0 aliphatic heterocycles. The normalized spacial score (nSPS) is 10.9. The van der Waals surface area contributed by atoms with Gasteiger partial charge in [0.25, 0.3) is 0 Å². The van der Waals surface area contributed by atoms with Crippen molar-refractivity contribution in [3.63, 3.8) is 0 Å². The second-order valence-electron chi connectivity index (χ2n) is 3.87. The van der Waals surface area contributed by atoms with Crippen LogP contribution in [0.4, 0.5) is 0 Å². The van der Waals surface area contributed by atoms with Crippen molar-refractivity contribution in [1.82, 2.24) is 0 Å². The van der Waals surface area contributed by atoms with E-state index in [0.717, 1.165) is 25.7 Å². The molecule has 0 aliphatic carbocycles. The van der Waals surface area contributed by atoms with Crippen LogP contribution in [0.15, 0.2) is 29.2 Å². The summed E-state index contributed by atoms with van der Waals surface area (Å²) >= 11 is 0. The predicted octanol–water partition coefficient (Wildman–Crippen LogP) is -0.282. The van der Waals surface area contributed by atoms with Crippen molar-refractivity contribution in [2.24, 2.45) is 0 Å². The van der Waals surface area contributed by atoms with E-state index in [0.29, 0.717) is 12.0 Å². The van der Waals surface area contributed by atoms with Gasteiger partial charge in [-0.3, -0.25) is 0 Å². The number of rotatable bonds is 6. The Labute approximate surface area is 126 Å². The van der Waals surface area contributed by atoms with E-state index in [4.69, 9.17) is 0 Å². The van der Waals surface area contributed by atoms with E-state index in [9.17, 15) is 13.0 Å². The molecule has 1 rings (SSSR count). The van der Waals surface area contributed by atoms with Crippen LogP contribution in [0.1, 0.15) is 38.2 Å². The Morgan fingerprint density at radius 1 is 1.12 bits per heavy atom. The molecule has 1 aromatic carbocycles. The molecule has 17 heavy (non-hydrogen) atoms. The molecule has 0 aromatic heterocycles. The fraction of sp³-hybridized carbons (Fsp3) is 0.500. The Morgan fingerprint density at radius 3 is 2.35 bits per heavy atom. The molecule has 1 aromatic rings. The molecule has 0 amide bonds. The van der Waals surface area contributed by atoms with Gasteiger partial charge in [0.2, 0.25) is 0 Å². The van der Waals surface area contributed by atoms with Gasteiger partial charge in [0, 0.05) is 0 Å². The summed E-state index contributed by atoms with van der Waals surface area (Å²) in [6, 6.07) is 6.46.